The monoisotopic (exact) mass is 414 g/mol. The lowest BCUT2D eigenvalue weighted by Crippen LogP contribution is -2.32. The van der Waals surface area contributed by atoms with E-state index in [0.717, 1.165) is 15.7 Å². The number of fused-ring (bicyclic) bond motifs is 1. The second kappa shape index (κ2) is 7.59. The summed E-state index contributed by atoms with van der Waals surface area (Å²) in [6.07, 6.45) is -0.0906. The molecule has 11 heteroatoms. The summed E-state index contributed by atoms with van der Waals surface area (Å²) in [6, 6.07) is 10.5. The summed E-state index contributed by atoms with van der Waals surface area (Å²) in [4.78, 5) is 13.2. The second-order valence-corrected chi connectivity index (χ2v) is 6.62. The van der Waals surface area contributed by atoms with E-state index >= 15 is 0 Å². The molecule has 8 nitrogen and oxygen atoms in total. The normalized spacial score (nSPS) is 11.7. The quantitative estimate of drug-likeness (QED) is 0.381. The Bertz CT molecular complexity index is 1190. The number of hydrazine groups is 1. The molecule has 4 N–H and O–H groups in total. The molecule has 0 fully saturated rings. The van der Waals surface area contributed by atoms with Crippen molar-refractivity contribution in [1.29, 1.82) is 0 Å². The number of anilines is 2. The Morgan fingerprint density at radius 1 is 1.03 bits per heavy atom. The van der Waals surface area contributed by atoms with Crippen molar-refractivity contribution in [1.82, 2.24) is 24.7 Å². The molecule has 154 valence electrons. The molecule has 0 aliphatic rings. The number of nitrogen functional groups attached to an aromatic ring is 1. The molecule has 4 aromatic heterocycles. The lowest BCUT2D eigenvalue weighted by molar-refractivity contribution is -0.142. The van der Waals surface area contributed by atoms with E-state index < -0.39 is 12.7 Å². The summed E-state index contributed by atoms with van der Waals surface area (Å²) in [6.45, 7) is -0.959. The van der Waals surface area contributed by atoms with Crippen molar-refractivity contribution in [2.45, 2.75) is 19.3 Å². The molecular formula is C19H17F3N8. The fourth-order valence-electron chi connectivity index (χ4n) is 2.95. The smallest absolute Gasteiger partial charge is 0.396 e. The van der Waals surface area contributed by atoms with Crippen LogP contribution in [0.5, 0.6) is 0 Å². The fraction of sp³-hybridized carbons (Fsp3) is 0.158. The van der Waals surface area contributed by atoms with Crippen LogP contribution in [0.1, 0.15) is 5.69 Å². The number of rotatable bonds is 5. The molecule has 0 saturated heterocycles. The van der Waals surface area contributed by atoms with Crippen LogP contribution in [0.2, 0.25) is 0 Å². The molecule has 0 amide bonds. The molecule has 4 rings (SSSR count). The maximum absolute atomic E-state index is 12.6. The lowest BCUT2D eigenvalue weighted by Gasteiger charge is -2.19. The van der Waals surface area contributed by atoms with Crippen LogP contribution in [0.15, 0.2) is 55.0 Å². The van der Waals surface area contributed by atoms with Gasteiger partial charge in [0, 0.05) is 18.0 Å². The van der Waals surface area contributed by atoms with Crippen LogP contribution in [0.25, 0.3) is 22.3 Å². The molecule has 0 unspecified atom stereocenters. The van der Waals surface area contributed by atoms with Crippen LogP contribution in [0.4, 0.5) is 24.7 Å². The number of halogens is 3. The molecule has 0 atom stereocenters. The highest BCUT2D eigenvalue weighted by molar-refractivity contribution is 5.74. The van der Waals surface area contributed by atoms with E-state index in [4.69, 9.17) is 11.6 Å². The van der Waals surface area contributed by atoms with Gasteiger partial charge in [-0.15, -0.1) is 0 Å². The van der Waals surface area contributed by atoms with E-state index in [1.54, 1.807) is 30.5 Å². The van der Waals surface area contributed by atoms with Crippen molar-refractivity contribution >= 4 is 22.5 Å². The third kappa shape index (κ3) is 4.30. The first kappa shape index (κ1) is 19.6. The van der Waals surface area contributed by atoms with E-state index in [0.29, 0.717) is 22.6 Å². The summed E-state index contributed by atoms with van der Waals surface area (Å²) in [7, 11) is 0. The van der Waals surface area contributed by atoms with Crippen molar-refractivity contribution in [2.24, 2.45) is 5.84 Å². The van der Waals surface area contributed by atoms with Crippen molar-refractivity contribution < 1.29 is 13.2 Å². The minimum Gasteiger partial charge on any atom is -0.396 e. The Hall–Kier alpha value is -3.73. The first-order valence-corrected chi connectivity index (χ1v) is 8.87. The van der Waals surface area contributed by atoms with Crippen LogP contribution in [-0.2, 0) is 13.1 Å². The van der Waals surface area contributed by atoms with Gasteiger partial charge in [-0.25, -0.2) is 15.8 Å². The summed E-state index contributed by atoms with van der Waals surface area (Å²) in [5, 5.41) is 5.07. The minimum absolute atomic E-state index is 0.221. The van der Waals surface area contributed by atoms with Crippen LogP contribution >= 0.6 is 0 Å². The molecule has 0 aliphatic heterocycles. The van der Waals surface area contributed by atoms with Crippen molar-refractivity contribution in [3.8, 4) is 11.3 Å². The average Bonchev–Trinajstić information content (AvgIpc) is 3.14. The van der Waals surface area contributed by atoms with Gasteiger partial charge < -0.3 is 5.73 Å². The molecule has 30 heavy (non-hydrogen) atoms. The third-order valence-corrected chi connectivity index (χ3v) is 4.29. The summed E-state index contributed by atoms with van der Waals surface area (Å²) in [5.74, 6) is 6.45. The SMILES string of the molecule is Nc1ccc(-c2cnn(CC(F)(F)F)c2)nc1N(N)Cc1ccc2ncccc2n1. The van der Waals surface area contributed by atoms with Crippen LogP contribution in [0, 0.1) is 0 Å². The molecule has 0 aromatic carbocycles. The predicted octanol–water partition coefficient (Wildman–Crippen LogP) is 2.91. The maximum atomic E-state index is 12.6. The number of hydrogen-bond acceptors (Lipinski definition) is 7. The lowest BCUT2D eigenvalue weighted by atomic mass is 10.2. The average molecular weight is 414 g/mol. The van der Waals surface area contributed by atoms with Gasteiger partial charge >= 0.3 is 6.18 Å². The molecule has 0 bridgehead atoms. The van der Waals surface area contributed by atoms with E-state index in [1.165, 1.54) is 17.4 Å². The summed E-state index contributed by atoms with van der Waals surface area (Å²) >= 11 is 0. The fourth-order valence-corrected chi connectivity index (χ4v) is 2.95. The van der Waals surface area contributed by atoms with Gasteiger partial charge in [0.25, 0.3) is 0 Å². The standard InChI is InChI=1S/C19H17F3N8/c20-19(21,22)11-29-9-12(8-26-29)15-6-4-14(23)18(28-15)30(24)10-13-3-5-16-17(27-13)2-1-7-25-16/h1-9H,10-11,23-24H2. The van der Waals surface area contributed by atoms with Gasteiger partial charge in [0.15, 0.2) is 5.82 Å². The van der Waals surface area contributed by atoms with Gasteiger partial charge in [0.1, 0.15) is 6.54 Å². The van der Waals surface area contributed by atoms with E-state index in [1.807, 2.05) is 12.1 Å². The first-order valence-electron chi connectivity index (χ1n) is 8.87. The highest BCUT2D eigenvalue weighted by atomic mass is 19.4. The van der Waals surface area contributed by atoms with Crippen molar-refractivity contribution in [3.63, 3.8) is 0 Å². The van der Waals surface area contributed by atoms with E-state index in [-0.39, 0.29) is 12.4 Å². The number of alkyl halides is 3. The van der Waals surface area contributed by atoms with Crippen LogP contribution in [-0.4, -0.2) is 30.9 Å². The Kier molecular flexibility index (Phi) is 4.96. The third-order valence-electron chi connectivity index (χ3n) is 4.29. The minimum atomic E-state index is -4.36. The number of hydrogen-bond donors (Lipinski definition) is 2. The summed E-state index contributed by atoms with van der Waals surface area (Å²) in [5.41, 5.74) is 9.34. The number of aromatic nitrogens is 5. The number of nitrogens with two attached hydrogens (primary N) is 2. The highest BCUT2D eigenvalue weighted by Crippen LogP contribution is 2.26. The Balaban J connectivity index is 1.57. The Labute approximate surface area is 168 Å². The maximum Gasteiger partial charge on any atom is 0.408 e. The zero-order valence-corrected chi connectivity index (χ0v) is 15.6. The van der Waals surface area contributed by atoms with Gasteiger partial charge in [0.2, 0.25) is 0 Å². The van der Waals surface area contributed by atoms with Crippen LogP contribution < -0.4 is 16.6 Å². The molecule has 0 aliphatic carbocycles. The van der Waals surface area contributed by atoms with Gasteiger partial charge in [-0.3, -0.25) is 14.7 Å². The zero-order valence-electron chi connectivity index (χ0n) is 15.6. The number of nitrogens with zero attached hydrogens (tertiary/aromatic N) is 6. The molecule has 0 spiro atoms. The van der Waals surface area contributed by atoms with Gasteiger partial charge in [0.05, 0.1) is 40.9 Å². The molecule has 4 heterocycles. The van der Waals surface area contributed by atoms with Gasteiger partial charge in [-0.1, -0.05) is 0 Å². The predicted molar refractivity (Wildman–Crippen MR) is 106 cm³/mol. The summed E-state index contributed by atoms with van der Waals surface area (Å²) < 4.78 is 38.5. The van der Waals surface area contributed by atoms with Gasteiger partial charge in [-0.2, -0.15) is 18.3 Å². The van der Waals surface area contributed by atoms with Crippen LogP contribution in [0.3, 0.4) is 0 Å². The molecule has 4 aromatic rings. The van der Waals surface area contributed by atoms with Crippen molar-refractivity contribution in [2.75, 3.05) is 10.7 Å². The zero-order chi connectivity index (χ0) is 21.3. The van der Waals surface area contributed by atoms with E-state index in [9.17, 15) is 13.2 Å². The van der Waals surface area contributed by atoms with Gasteiger partial charge in [-0.05, 0) is 36.4 Å². The largest absolute Gasteiger partial charge is 0.408 e. The molecule has 0 radical (unpaired) electrons. The Morgan fingerprint density at radius 2 is 1.87 bits per heavy atom. The van der Waals surface area contributed by atoms with Crippen molar-refractivity contribution in [3.05, 3.63) is 60.7 Å². The number of pyridine rings is 3. The first-order chi connectivity index (χ1) is 14.3. The molecular weight excluding hydrogens is 397 g/mol. The molecule has 0 saturated carbocycles. The van der Waals surface area contributed by atoms with E-state index in [2.05, 4.69) is 20.1 Å². The Morgan fingerprint density at radius 3 is 2.67 bits per heavy atom. The topological polar surface area (TPSA) is 112 Å². The second-order valence-electron chi connectivity index (χ2n) is 6.62. The highest BCUT2D eigenvalue weighted by Gasteiger charge is 2.28.